The molecule has 0 aromatic heterocycles. The minimum absolute atomic E-state index is 0.195. The van der Waals surface area contributed by atoms with Gasteiger partial charge in [0.05, 0.1) is 8.07 Å². The molecule has 0 aliphatic heterocycles. The molecule has 2 aromatic rings. The fraction of sp³-hybridized carbons (Fsp3) is 0.400. The maximum atomic E-state index is 2.59. The molecule has 0 radical (unpaired) electrons. The standard InChI is InChI=1S/C20H26Si.C20H24/c1-20(2,15-10-6-7-11-15)18-14-19(21(3,4)5)17-13-9-8-12-16(17)18;1-4-9-15-14-19(18-13-8-7-12-17(15)18)20(2,3)16-10-5-6-11-16/h6-10,12-14,18H,11H2,1-5H3;5-8,10,12-14,19H,4,9,11H2,1-3H3. The molecule has 2 aromatic carbocycles. The van der Waals surface area contributed by atoms with Crippen molar-refractivity contribution in [3.8, 4) is 0 Å². The van der Waals surface area contributed by atoms with Gasteiger partial charge in [-0.3, -0.25) is 0 Å². The molecule has 0 nitrogen and oxygen atoms in total. The third kappa shape index (κ3) is 5.63. The third-order valence-electron chi connectivity index (χ3n) is 10.0. The monoisotopic (exact) mass is 558 g/mol. The van der Waals surface area contributed by atoms with Gasteiger partial charge < -0.3 is 0 Å². The molecular weight excluding hydrogens is 509 g/mol. The van der Waals surface area contributed by atoms with Crippen LogP contribution in [0.15, 0.2) is 108 Å². The van der Waals surface area contributed by atoms with Crippen molar-refractivity contribution in [3.05, 3.63) is 131 Å². The molecule has 214 valence electrons. The summed E-state index contributed by atoms with van der Waals surface area (Å²) >= 11 is 0. The summed E-state index contributed by atoms with van der Waals surface area (Å²) in [6.07, 6.45) is 23.4. The predicted molar refractivity (Wildman–Crippen MR) is 184 cm³/mol. The van der Waals surface area contributed by atoms with Gasteiger partial charge in [-0.2, -0.15) is 0 Å². The summed E-state index contributed by atoms with van der Waals surface area (Å²) in [7, 11) is -1.31. The molecule has 0 bridgehead atoms. The van der Waals surface area contributed by atoms with E-state index in [0.717, 1.165) is 12.8 Å². The van der Waals surface area contributed by atoms with E-state index in [1.807, 2.05) is 0 Å². The van der Waals surface area contributed by atoms with Crippen molar-refractivity contribution in [3.63, 3.8) is 0 Å². The molecule has 0 spiro atoms. The van der Waals surface area contributed by atoms with E-state index in [1.165, 1.54) is 35.1 Å². The highest BCUT2D eigenvalue weighted by atomic mass is 28.3. The number of fused-ring (bicyclic) bond motifs is 2. The number of allylic oxidation sites excluding steroid dienone is 11. The summed E-state index contributed by atoms with van der Waals surface area (Å²) in [4.78, 5) is 0. The molecule has 0 amide bonds. The van der Waals surface area contributed by atoms with Gasteiger partial charge in [-0.05, 0) is 57.9 Å². The largest absolute Gasteiger partial charge is 0.0804 e. The lowest BCUT2D eigenvalue weighted by Crippen LogP contribution is -2.22. The van der Waals surface area contributed by atoms with E-state index in [1.54, 1.807) is 21.9 Å². The number of benzene rings is 2. The van der Waals surface area contributed by atoms with Crippen molar-refractivity contribution >= 4 is 18.8 Å². The van der Waals surface area contributed by atoms with Crippen LogP contribution in [0.25, 0.3) is 10.8 Å². The Morgan fingerprint density at radius 3 is 1.66 bits per heavy atom. The quantitative estimate of drug-likeness (QED) is 0.296. The maximum Gasteiger partial charge on any atom is 0.0780 e. The third-order valence-corrected chi connectivity index (χ3v) is 12.1. The van der Waals surface area contributed by atoms with Gasteiger partial charge in [0.2, 0.25) is 0 Å². The predicted octanol–water partition coefficient (Wildman–Crippen LogP) is 11.8. The second-order valence-electron chi connectivity index (χ2n) is 14.5. The highest BCUT2D eigenvalue weighted by Crippen LogP contribution is 2.53. The van der Waals surface area contributed by atoms with Crippen molar-refractivity contribution < 1.29 is 0 Å². The van der Waals surface area contributed by atoms with E-state index in [4.69, 9.17) is 0 Å². The van der Waals surface area contributed by atoms with E-state index >= 15 is 0 Å². The van der Waals surface area contributed by atoms with E-state index in [2.05, 4.69) is 151 Å². The molecule has 0 saturated carbocycles. The first-order chi connectivity index (χ1) is 19.5. The van der Waals surface area contributed by atoms with Crippen LogP contribution >= 0.6 is 0 Å². The molecule has 41 heavy (non-hydrogen) atoms. The molecule has 6 rings (SSSR count). The highest BCUT2D eigenvalue weighted by Gasteiger charge is 2.40. The van der Waals surface area contributed by atoms with E-state index in [-0.39, 0.29) is 10.8 Å². The molecule has 4 aliphatic rings. The second kappa shape index (κ2) is 11.4. The summed E-state index contributed by atoms with van der Waals surface area (Å²) < 4.78 is 0. The van der Waals surface area contributed by atoms with Crippen molar-refractivity contribution in [2.45, 2.75) is 91.8 Å². The molecule has 1 heteroatoms. The lowest BCUT2D eigenvalue weighted by molar-refractivity contribution is 0.395. The Balaban J connectivity index is 0.000000165. The van der Waals surface area contributed by atoms with Crippen LogP contribution in [-0.2, 0) is 0 Å². The lowest BCUT2D eigenvalue weighted by atomic mass is 9.70. The normalized spacial score (nSPS) is 21.1. The number of hydrogen-bond donors (Lipinski definition) is 0. The van der Waals surface area contributed by atoms with Crippen LogP contribution in [0.5, 0.6) is 0 Å². The summed E-state index contributed by atoms with van der Waals surface area (Å²) in [6.45, 7) is 19.3. The van der Waals surface area contributed by atoms with Crippen molar-refractivity contribution in [1.82, 2.24) is 0 Å². The molecule has 0 saturated heterocycles. The van der Waals surface area contributed by atoms with Crippen molar-refractivity contribution in [2.75, 3.05) is 0 Å². The highest BCUT2D eigenvalue weighted by molar-refractivity contribution is 6.93. The maximum absolute atomic E-state index is 2.59. The van der Waals surface area contributed by atoms with Crippen LogP contribution in [0.2, 0.25) is 19.6 Å². The Bertz CT molecular complexity index is 1470. The number of hydrogen-bond acceptors (Lipinski definition) is 0. The molecule has 0 heterocycles. The molecule has 2 unspecified atom stereocenters. The van der Waals surface area contributed by atoms with Crippen LogP contribution in [0.3, 0.4) is 0 Å². The summed E-state index contributed by atoms with van der Waals surface area (Å²) in [5, 5.41) is 1.64. The molecule has 2 atom stereocenters. The number of rotatable bonds is 7. The SMILES string of the molecule is CC(C)(C1=CC=CC1)C1C=C([Si](C)(C)C)c2ccccc21.CCCC1=CC(C(C)(C)C2=CC=CC2)c2ccccc21. The minimum atomic E-state index is -1.31. The lowest BCUT2D eigenvalue weighted by Gasteiger charge is -2.33. The molecule has 4 aliphatic carbocycles. The van der Waals surface area contributed by atoms with Crippen molar-refractivity contribution in [2.24, 2.45) is 10.8 Å². The fourth-order valence-corrected chi connectivity index (χ4v) is 9.09. The Labute approximate surface area is 251 Å². The molecule has 0 fully saturated rings. The first-order valence-electron chi connectivity index (χ1n) is 15.8. The Kier molecular flexibility index (Phi) is 8.23. The van der Waals surface area contributed by atoms with Gasteiger partial charge in [0.25, 0.3) is 0 Å². The first kappa shape index (κ1) is 29.6. The van der Waals surface area contributed by atoms with Gasteiger partial charge in [0.15, 0.2) is 0 Å². The van der Waals surface area contributed by atoms with Gasteiger partial charge >= 0.3 is 0 Å². The van der Waals surface area contributed by atoms with Crippen molar-refractivity contribution in [1.29, 1.82) is 0 Å². The summed E-state index contributed by atoms with van der Waals surface area (Å²) in [6, 6.07) is 18.0. The minimum Gasteiger partial charge on any atom is -0.0804 e. The zero-order chi connectivity index (χ0) is 29.4. The average Bonchev–Trinajstić information content (AvgIpc) is 3.74. The fourth-order valence-electron chi connectivity index (χ4n) is 7.39. The van der Waals surface area contributed by atoms with E-state index in [9.17, 15) is 0 Å². The van der Waals surface area contributed by atoms with Crippen LogP contribution in [0.4, 0.5) is 0 Å². The first-order valence-corrected chi connectivity index (χ1v) is 19.3. The van der Waals surface area contributed by atoms with E-state index < -0.39 is 8.07 Å². The Morgan fingerprint density at radius 2 is 1.17 bits per heavy atom. The Hall–Kier alpha value is -2.90. The van der Waals surface area contributed by atoms with Gasteiger partial charge in [-0.1, -0.05) is 174 Å². The summed E-state index contributed by atoms with van der Waals surface area (Å²) in [5.74, 6) is 1.04. The average molecular weight is 559 g/mol. The van der Waals surface area contributed by atoms with Crippen LogP contribution in [0.1, 0.15) is 94.4 Å². The summed E-state index contributed by atoms with van der Waals surface area (Å²) in [5.41, 5.74) is 11.1. The van der Waals surface area contributed by atoms with Gasteiger partial charge in [-0.15, -0.1) is 0 Å². The van der Waals surface area contributed by atoms with Gasteiger partial charge in [0.1, 0.15) is 0 Å². The van der Waals surface area contributed by atoms with Gasteiger partial charge in [-0.25, -0.2) is 0 Å². The van der Waals surface area contributed by atoms with Crippen LogP contribution in [0, 0.1) is 10.8 Å². The Morgan fingerprint density at radius 1 is 0.683 bits per heavy atom. The zero-order valence-electron chi connectivity index (χ0n) is 26.7. The molecular formula is C40H50Si. The molecule has 0 N–H and O–H groups in total. The topological polar surface area (TPSA) is 0 Å². The van der Waals surface area contributed by atoms with Gasteiger partial charge in [0, 0.05) is 11.8 Å². The zero-order valence-corrected chi connectivity index (χ0v) is 27.7. The van der Waals surface area contributed by atoms with Crippen LogP contribution in [-0.4, -0.2) is 8.07 Å². The van der Waals surface area contributed by atoms with E-state index in [0.29, 0.717) is 11.8 Å². The second-order valence-corrected chi connectivity index (χ2v) is 19.5. The van der Waals surface area contributed by atoms with Crippen LogP contribution < -0.4 is 0 Å². The smallest absolute Gasteiger partial charge is 0.0780 e.